The number of ether oxygens (including phenoxy) is 9. The molecule has 0 amide bonds. The maximum atomic E-state index is 14.5. The van der Waals surface area contributed by atoms with Gasteiger partial charge in [0.1, 0.15) is 12.7 Å². The van der Waals surface area contributed by atoms with E-state index in [0.717, 1.165) is 57.1 Å². The van der Waals surface area contributed by atoms with Crippen molar-refractivity contribution in [3.8, 4) is 0 Å². The van der Waals surface area contributed by atoms with Gasteiger partial charge in [0.05, 0.1) is 53.8 Å². The SMILES string of the molecule is C[C@@H]1CC[C@@]2(OC1)O[C@H]1C[C@H]3[C@@H]4CC[C@H]5C[C@@H](O[C@@H]6O[C@H](COC(=O)c7ccccc7)[C@H](OC(=O)c7ccccc7)[C@H](OC(=O)c7ccccc7)[C@H]6OC(=O)c6ccccc6)[C@H](OCc6ccccc6)C[C@]5(C)[C@H]4CC[C@]3(C)[C@H]1[C@@H]2C. The third kappa shape index (κ3) is 10.9. The molecular weight excluding hydrogens is 1020 g/mol. The number of benzene rings is 5. The van der Waals surface area contributed by atoms with Crippen LogP contribution in [0.15, 0.2) is 152 Å². The van der Waals surface area contributed by atoms with E-state index in [-0.39, 0.29) is 45.1 Å². The lowest BCUT2D eigenvalue weighted by molar-refractivity contribution is -0.324. The smallest absolute Gasteiger partial charge is 0.338 e. The molecule has 13 heteroatoms. The van der Waals surface area contributed by atoms with E-state index in [1.54, 1.807) is 121 Å². The fourth-order valence-corrected chi connectivity index (χ4v) is 16.2. The number of carbonyl (C=O) groups is 4. The third-order valence-corrected chi connectivity index (χ3v) is 20.3. The number of hydrogen-bond acceptors (Lipinski definition) is 13. The van der Waals surface area contributed by atoms with Gasteiger partial charge in [-0.2, -0.15) is 0 Å². The molecule has 81 heavy (non-hydrogen) atoms. The fourth-order valence-electron chi connectivity index (χ4n) is 16.2. The van der Waals surface area contributed by atoms with Crippen LogP contribution < -0.4 is 0 Å². The number of hydrogen-bond donors (Lipinski definition) is 0. The largest absolute Gasteiger partial charge is 0.459 e. The highest BCUT2D eigenvalue weighted by atomic mass is 16.7. The minimum atomic E-state index is -1.55. The minimum absolute atomic E-state index is 0.106. The van der Waals surface area contributed by atoms with Gasteiger partial charge in [-0.05, 0) is 152 Å². The van der Waals surface area contributed by atoms with Gasteiger partial charge in [0, 0.05) is 12.3 Å². The zero-order valence-corrected chi connectivity index (χ0v) is 46.9. The Morgan fingerprint density at radius 3 is 1.70 bits per heavy atom. The highest BCUT2D eigenvalue weighted by Gasteiger charge is 2.70. The van der Waals surface area contributed by atoms with E-state index in [1.807, 2.05) is 18.2 Å². The molecule has 426 valence electrons. The van der Waals surface area contributed by atoms with Crippen molar-refractivity contribution >= 4 is 23.9 Å². The molecule has 5 aromatic rings. The lowest BCUT2D eigenvalue weighted by Crippen LogP contribution is -2.64. The van der Waals surface area contributed by atoms with Crippen LogP contribution >= 0.6 is 0 Å². The van der Waals surface area contributed by atoms with Crippen molar-refractivity contribution in [3.63, 3.8) is 0 Å². The molecule has 0 aromatic heterocycles. The second-order valence-corrected chi connectivity index (χ2v) is 24.8. The lowest BCUT2D eigenvalue weighted by Gasteiger charge is -2.62. The van der Waals surface area contributed by atoms with Crippen LogP contribution in [0.4, 0.5) is 0 Å². The first kappa shape index (κ1) is 55.3. The highest BCUT2D eigenvalue weighted by Crippen LogP contribution is 2.71. The predicted octanol–water partition coefficient (Wildman–Crippen LogP) is 12.3. The standard InChI is InChI=1S/C68H76O13/c1-42-32-35-68(75-39-42)43(2)57-54(81-68)37-52-50-31-30-49-36-53(55(73-40-44-20-10-5-11-21-44)38-67(49,4)51(50)33-34-66(52,57)3)76-65-60(80-64(72)48-28-18-9-19-29-48)59(79-63(71)47-26-16-8-17-27-47)58(78-62(70)46-24-14-7-15-25-46)56(77-65)41-74-61(69)45-22-12-6-13-23-45/h5-29,42-43,49-60,65H,30-41H2,1-4H3/t42-,43+,49+,50-,51+,52+,53-,54+,55-,56-,57+,58+,59+,60-,65-,66+,67+,68-/m1/s1. The second kappa shape index (κ2) is 23.2. The molecular formula is C68H76O13. The molecule has 0 bridgehead atoms. The summed E-state index contributed by atoms with van der Waals surface area (Å²) < 4.78 is 60.6. The van der Waals surface area contributed by atoms with Crippen molar-refractivity contribution in [1.82, 2.24) is 0 Å². The van der Waals surface area contributed by atoms with E-state index in [2.05, 4.69) is 39.8 Å². The minimum Gasteiger partial charge on any atom is -0.459 e. The summed E-state index contributed by atoms with van der Waals surface area (Å²) in [5.74, 6) is -0.323. The molecule has 12 rings (SSSR count). The monoisotopic (exact) mass is 1100 g/mol. The van der Waals surface area contributed by atoms with Gasteiger partial charge < -0.3 is 42.6 Å². The van der Waals surface area contributed by atoms with Crippen molar-refractivity contribution in [2.24, 2.45) is 52.3 Å². The molecule has 3 saturated heterocycles. The Labute approximate surface area is 475 Å². The van der Waals surface area contributed by atoms with E-state index in [9.17, 15) is 19.2 Å². The van der Waals surface area contributed by atoms with Crippen LogP contribution in [0.3, 0.4) is 0 Å². The lowest BCUT2D eigenvalue weighted by atomic mass is 9.44. The van der Waals surface area contributed by atoms with Crippen LogP contribution in [-0.2, 0) is 49.2 Å². The summed E-state index contributed by atoms with van der Waals surface area (Å²) in [6.45, 7) is 10.4. The van der Waals surface area contributed by atoms with E-state index >= 15 is 0 Å². The van der Waals surface area contributed by atoms with Gasteiger partial charge in [0.25, 0.3) is 0 Å². The summed E-state index contributed by atoms with van der Waals surface area (Å²) in [6.07, 6.45) is 0.613. The van der Waals surface area contributed by atoms with Crippen molar-refractivity contribution < 1.29 is 61.8 Å². The summed E-state index contributed by atoms with van der Waals surface area (Å²) in [7, 11) is 0. The van der Waals surface area contributed by atoms with Crippen molar-refractivity contribution in [2.45, 2.75) is 147 Å². The zero-order chi connectivity index (χ0) is 55.9. The maximum absolute atomic E-state index is 14.5. The molecule has 3 heterocycles. The number of esters is 4. The predicted molar refractivity (Wildman–Crippen MR) is 299 cm³/mol. The van der Waals surface area contributed by atoms with Crippen LogP contribution in [-0.4, -0.2) is 91.9 Å². The molecule has 7 fully saturated rings. The third-order valence-electron chi connectivity index (χ3n) is 20.3. The van der Waals surface area contributed by atoms with Gasteiger partial charge in [-0.3, -0.25) is 0 Å². The fraction of sp³-hybridized carbons (Fsp3) is 0.500. The first-order valence-electron chi connectivity index (χ1n) is 29.6. The average molecular weight is 1100 g/mol. The van der Waals surface area contributed by atoms with Crippen LogP contribution in [0.25, 0.3) is 0 Å². The summed E-state index contributed by atoms with van der Waals surface area (Å²) in [5.41, 5.74) is 1.98. The Morgan fingerprint density at radius 1 is 0.568 bits per heavy atom. The van der Waals surface area contributed by atoms with Crippen molar-refractivity contribution in [3.05, 3.63) is 179 Å². The summed E-state index contributed by atoms with van der Waals surface area (Å²) in [6, 6.07) is 43.9. The number of fused-ring (bicyclic) bond motifs is 7. The summed E-state index contributed by atoms with van der Waals surface area (Å²) in [4.78, 5) is 57.1. The van der Waals surface area contributed by atoms with Gasteiger partial charge >= 0.3 is 23.9 Å². The molecule has 0 radical (unpaired) electrons. The Hall–Kier alpha value is -6.22. The molecule has 13 nitrogen and oxygen atoms in total. The molecule has 18 atom stereocenters. The normalized spacial score (nSPS) is 36.7. The second-order valence-electron chi connectivity index (χ2n) is 24.8. The first-order valence-corrected chi connectivity index (χ1v) is 29.6. The van der Waals surface area contributed by atoms with Crippen LogP contribution in [0.1, 0.15) is 132 Å². The quantitative estimate of drug-likeness (QED) is 0.0590. The molecule has 4 aliphatic carbocycles. The molecule has 0 unspecified atom stereocenters. The first-order chi connectivity index (χ1) is 39.3. The topological polar surface area (TPSA) is 151 Å². The zero-order valence-electron chi connectivity index (χ0n) is 46.9. The molecule has 0 N–H and O–H groups in total. The van der Waals surface area contributed by atoms with Crippen molar-refractivity contribution in [1.29, 1.82) is 0 Å². The van der Waals surface area contributed by atoms with Crippen LogP contribution in [0.2, 0.25) is 0 Å². The van der Waals surface area contributed by atoms with Crippen LogP contribution in [0, 0.1) is 52.3 Å². The van der Waals surface area contributed by atoms with Gasteiger partial charge in [-0.25, -0.2) is 19.2 Å². The highest BCUT2D eigenvalue weighted by molar-refractivity contribution is 5.91. The number of rotatable bonds is 14. The molecule has 7 aliphatic rings. The summed E-state index contributed by atoms with van der Waals surface area (Å²) >= 11 is 0. The number of carbonyl (C=O) groups excluding carboxylic acids is 4. The van der Waals surface area contributed by atoms with E-state index < -0.39 is 79.2 Å². The van der Waals surface area contributed by atoms with Gasteiger partial charge in [0.2, 0.25) is 0 Å². The van der Waals surface area contributed by atoms with E-state index in [0.29, 0.717) is 55.0 Å². The van der Waals surface area contributed by atoms with Crippen LogP contribution in [0.5, 0.6) is 0 Å². The van der Waals surface area contributed by atoms with Gasteiger partial charge in [-0.1, -0.05) is 131 Å². The summed E-state index contributed by atoms with van der Waals surface area (Å²) in [5, 5.41) is 0. The Bertz CT molecular complexity index is 2970. The molecule has 5 aromatic carbocycles. The Balaban J connectivity index is 0.886. The average Bonchev–Trinajstić information content (AvgIpc) is 3.10. The van der Waals surface area contributed by atoms with Gasteiger partial charge in [0.15, 0.2) is 30.4 Å². The van der Waals surface area contributed by atoms with E-state index in [4.69, 9.17) is 42.6 Å². The molecule has 4 saturated carbocycles. The maximum Gasteiger partial charge on any atom is 0.338 e. The van der Waals surface area contributed by atoms with Gasteiger partial charge in [-0.15, -0.1) is 0 Å². The van der Waals surface area contributed by atoms with E-state index in [1.165, 1.54) is 0 Å². The molecule has 3 aliphatic heterocycles. The van der Waals surface area contributed by atoms with Crippen molar-refractivity contribution in [2.75, 3.05) is 13.2 Å². The Kier molecular flexibility index (Phi) is 15.8. The molecule has 1 spiro atoms. The Morgan fingerprint density at radius 2 is 1.12 bits per heavy atom.